The average molecular weight is 304 g/mol. The van der Waals surface area contributed by atoms with Gasteiger partial charge in [0, 0.05) is 0 Å². The SMILES string of the molecule is COc1ccc(CC(=O)N[C@](C)(C#N)CC(C)C)cc1OC. The largest absolute Gasteiger partial charge is 0.493 e. The zero-order valence-corrected chi connectivity index (χ0v) is 13.9. The molecule has 0 fully saturated rings. The molecule has 1 aromatic carbocycles. The zero-order valence-electron chi connectivity index (χ0n) is 13.9. The van der Waals surface area contributed by atoms with E-state index in [1.54, 1.807) is 33.3 Å². The van der Waals surface area contributed by atoms with Crippen molar-refractivity contribution in [2.24, 2.45) is 5.92 Å². The summed E-state index contributed by atoms with van der Waals surface area (Å²) in [6.07, 6.45) is 0.802. The fourth-order valence-electron chi connectivity index (χ4n) is 2.47. The summed E-state index contributed by atoms with van der Waals surface area (Å²) in [7, 11) is 3.12. The minimum absolute atomic E-state index is 0.183. The van der Waals surface area contributed by atoms with Crippen molar-refractivity contribution in [2.75, 3.05) is 14.2 Å². The maximum absolute atomic E-state index is 12.2. The van der Waals surface area contributed by atoms with Crippen LogP contribution in [-0.4, -0.2) is 25.7 Å². The third kappa shape index (κ3) is 4.96. The molecule has 0 aromatic heterocycles. The van der Waals surface area contributed by atoms with Gasteiger partial charge in [0.1, 0.15) is 5.54 Å². The van der Waals surface area contributed by atoms with E-state index in [-0.39, 0.29) is 12.3 Å². The first-order chi connectivity index (χ1) is 10.3. The van der Waals surface area contributed by atoms with Crippen LogP contribution in [0, 0.1) is 17.2 Å². The molecule has 1 amide bonds. The lowest BCUT2D eigenvalue weighted by atomic mass is 9.92. The third-order valence-electron chi connectivity index (χ3n) is 3.29. The number of benzene rings is 1. The molecule has 1 rings (SSSR count). The highest BCUT2D eigenvalue weighted by Crippen LogP contribution is 2.27. The Kier molecular flexibility index (Phi) is 6.24. The predicted octanol–water partition coefficient (Wildman–Crippen LogP) is 2.69. The van der Waals surface area contributed by atoms with E-state index < -0.39 is 5.54 Å². The van der Waals surface area contributed by atoms with E-state index in [2.05, 4.69) is 11.4 Å². The number of ether oxygens (including phenoxy) is 2. The number of rotatable bonds is 7. The van der Waals surface area contributed by atoms with Crippen LogP contribution >= 0.6 is 0 Å². The molecule has 22 heavy (non-hydrogen) atoms. The number of hydrogen-bond donors (Lipinski definition) is 1. The van der Waals surface area contributed by atoms with Gasteiger partial charge in [-0.1, -0.05) is 19.9 Å². The van der Waals surface area contributed by atoms with E-state index in [9.17, 15) is 10.1 Å². The molecule has 0 bridgehead atoms. The summed E-state index contributed by atoms with van der Waals surface area (Å²) in [4.78, 5) is 12.2. The first kappa shape index (κ1) is 17.8. The van der Waals surface area contributed by atoms with Gasteiger partial charge in [-0.25, -0.2) is 0 Å². The van der Waals surface area contributed by atoms with Crippen molar-refractivity contribution in [3.63, 3.8) is 0 Å². The molecule has 120 valence electrons. The molecular weight excluding hydrogens is 280 g/mol. The maximum atomic E-state index is 12.2. The van der Waals surface area contributed by atoms with Crippen LogP contribution in [0.2, 0.25) is 0 Å². The lowest BCUT2D eigenvalue weighted by Gasteiger charge is -2.25. The van der Waals surface area contributed by atoms with Gasteiger partial charge in [0.2, 0.25) is 5.91 Å². The van der Waals surface area contributed by atoms with Gasteiger partial charge >= 0.3 is 0 Å². The van der Waals surface area contributed by atoms with Gasteiger partial charge in [-0.2, -0.15) is 5.26 Å². The molecule has 0 aliphatic carbocycles. The zero-order chi connectivity index (χ0) is 16.8. The van der Waals surface area contributed by atoms with Gasteiger partial charge in [-0.3, -0.25) is 4.79 Å². The van der Waals surface area contributed by atoms with Crippen molar-refractivity contribution in [1.82, 2.24) is 5.32 Å². The molecule has 5 heteroatoms. The Hall–Kier alpha value is -2.22. The fraction of sp³-hybridized carbons (Fsp3) is 0.529. The van der Waals surface area contributed by atoms with Crippen LogP contribution in [0.3, 0.4) is 0 Å². The Bertz CT molecular complexity index is 564. The molecule has 0 spiro atoms. The minimum Gasteiger partial charge on any atom is -0.493 e. The van der Waals surface area contributed by atoms with E-state index in [1.165, 1.54) is 0 Å². The highest BCUT2D eigenvalue weighted by atomic mass is 16.5. The number of nitrogens with one attached hydrogen (secondary N) is 1. The van der Waals surface area contributed by atoms with Crippen LogP contribution in [0.25, 0.3) is 0 Å². The molecule has 1 N–H and O–H groups in total. The summed E-state index contributed by atoms with van der Waals surface area (Å²) >= 11 is 0. The molecule has 0 radical (unpaired) electrons. The first-order valence-electron chi connectivity index (χ1n) is 7.26. The number of methoxy groups -OCH3 is 2. The first-order valence-corrected chi connectivity index (χ1v) is 7.26. The highest BCUT2D eigenvalue weighted by molar-refractivity contribution is 5.80. The Balaban J connectivity index is 2.79. The summed E-state index contributed by atoms with van der Waals surface area (Å²) < 4.78 is 10.4. The van der Waals surface area contributed by atoms with Crippen LogP contribution < -0.4 is 14.8 Å². The van der Waals surface area contributed by atoms with E-state index in [0.29, 0.717) is 23.8 Å². The Labute approximate surface area is 132 Å². The van der Waals surface area contributed by atoms with Gasteiger partial charge in [0.25, 0.3) is 0 Å². The van der Waals surface area contributed by atoms with Crippen molar-refractivity contribution in [1.29, 1.82) is 5.26 Å². The predicted molar refractivity (Wildman–Crippen MR) is 84.9 cm³/mol. The summed E-state index contributed by atoms with van der Waals surface area (Å²) in [5.74, 6) is 1.34. The second-order valence-corrected chi connectivity index (χ2v) is 5.96. The standard InChI is InChI=1S/C17H24N2O3/c1-12(2)10-17(3,11-18)19-16(20)9-13-6-7-14(21-4)15(8-13)22-5/h6-8,12H,9-10H2,1-5H3,(H,19,20)/t17-/m0/s1. The second-order valence-electron chi connectivity index (χ2n) is 5.96. The molecule has 0 saturated carbocycles. The molecule has 0 unspecified atom stereocenters. The molecule has 1 atom stereocenters. The number of carbonyl (C=O) groups is 1. The van der Waals surface area contributed by atoms with Crippen LogP contribution in [0.5, 0.6) is 11.5 Å². The number of carbonyl (C=O) groups excluding carboxylic acids is 1. The Morgan fingerprint density at radius 3 is 2.45 bits per heavy atom. The monoisotopic (exact) mass is 304 g/mol. The molecular formula is C17H24N2O3. The average Bonchev–Trinajstić information content (AvgIpc) is 2.45. The molecule has 0 aliphatic rings. The molecule has 0 heterocycles. The van der Waals surface area contributed by atoms with Gasteiger partial charge in [-0.05, 0) is 37.0 Å². The Morgan fingerprint density at radius 2 is 1.95 bits per heavy atom. The van der Waals surface area contributed by atoms with Gasteiger partial charge in [0.15, 0.2) is 11.5 Å². The molecule has 5 nitrogen and oxygen atoms in total. The van der Waals surface area contributed by atoms with Crippen molar-refractivity contribution in [3.8, 4) is 17.6 Å². The summed E-state index contributed by atoms with van der Waals surface area (Å²) in [5.41, 5.74) is -0.0399. The van der Waals surface area contributed by atoms with Crippen molar-refractivity contribution in [3.05, 3.63) is 23.8 Å². The number of hydrogen-bond acceptors (Lipinski definition) is 4. The quantitative estimate of drug-likeness (QED) is 0.840. The van der Waals surface area contributed by atoms with Crippen molar-refractivity contribution in [2.45, 2.75) is 39.2 Å². The van der Waals surface area contributed by atoms with Crippen LogP contribution in [0.4, 0.5) is 0 Å². The molecule has 0 aliphatic heterocycles. The van der Waals surface area contributed by atoms with Crippen LogP contribution in [0.15, 0.2) is 18.2 Å². The van der Waals surface area contributed by atoms with E-state index in [1.807, 2.05) is 19.9 Å². The number of nitrogens with zero attached hydrogens (tertiary/aromatic N) is 1. The number of nitriles is 1. The lowest BCUT2D eigenvalue weighted by Crippen LogP contribution is -2.46. The summed E-state index contributed by atoms with van der Waals surface area (Å²) in [6.45, 7) is 5.80. The van der Waals surface area contributed by atoms with Crippen molar-refractivity contribution < 1.29 is 14.3 Å². The minimum atomic E-state index is -0.845. The van der Waals surface area contributed by atoms with Gasteiger partial charge in [-0.15, -0.1) is 0 Å². The van der Waals surface area contributed by atoms with Gasteiger partial charge in [0.05, 0.1) is 26.7 Å². The van der Waals surface area contributed by atoms with E-state index in [4.69, 9.17) is 9.47 Å². The summed E-state index contributed by atoms with van der Waals surface area (Å²) in [6, 6.07) is 7.53. The smallest absolute Gasteiger partial charge is 0.225 e. The Morgan fingerprint density at radius 1 is 1.32 bits per heavy atom. The fourth-order valence-corrected chi connectivity index (χ4v) is 2.47. The normalized spacial score (nSPS) is 13.1. The van der Waals surface area contributed by atoms with Gasteiger partial charge < -0.3 is 14.8 Å². The van der Waals surface area contributed by atoms with Crippen LogP contribution in [0.1, 0.15) is 32.8 Å². The molecule has 1 aromatic rings. The van der Waals surface area contributed by atoms with E-state index in [0.717, 1.165) is 5.56 Å². The second kappa shape index (κ2) is 7.69. The topological polar surface area (TPSA) is 71.3 Å². The van der Waals surface area contributed by atoms with E-state index >= 15 is 0 Å². The van der Waals surface area contributed by atoms with Crippen molar-refractivity contribution >= 4 is 5.91 Å². The maximum Gasteiger partial charge on any atom is 0.225 e. The highest BCUT2D eigenvalue weighted by Gasteiger charge is 2.27. The third-order valence-corrected chi connectivity index (χ3v) is 3.29. The summed E-state index contributed by atoms with van der Waals surface area (Å²) in [5, 5.41) is 12.1. The van der Waals surface area contributed by atoms with Crippen LogP contribution in [-0.2, 0) is 11.2 Å². The molecule has 0 saturated heterocycles. The lowest BCUT2D eigenvalue weighted by molar-refractivity contribution is -0.121. The number of amides is 1.